The molecular formula is C87H170O17P2. The predicted octanol–water partition coefficient (Wildman–Crippen LogP) is 26.3. The van der Waals surface area contributed by atoms with Crippen LogP contribution < -0.4 is 0 Å². The van der Waals surface area contributed by atoms with E-state index in [-0.39, 0.29) is 25.7 Å². The highest BCUT2D eigenvalue weighted by molar-refractivity contribution is 7.47. The van der Waals surface area contributed by atoms with Gasteiger partial charge >= 0.3 is 39.5 Å². The van der Waals surface area contributed by atoms with Gasteiger partial charge in [0.2, 0.25) is 0 Å². The number of esters is 4. The molecule has 0 aliphatic carbocycles. The zero-order valence-corrected chi connectivity index (χ0v) is 71.9. The Morgan fingerprint density at radius 1 is 0.255 bits per heavy atom. The van der Waals surface area contributed by atoms with Crippen molar-refractivity contribution in [2.24, 2.45) is 23.7 Å². The molecule has 9 atom stereocenters. The van der Waals surface area contributed by atoms with Gasteiger partial charge in [0.15, 0.2) is 12.2 Å². The van der Waals surface area contributed by atoms with E-state index in [1.54, 1.807) is 0 Å². The van der Waals surface area contributed by atoms with Crippen LogP contribution in [-0.4, -0.2) is 96.7 Å². The van der Waals surface area contributed by atoms with Crippen molar-refractivity contribution in [3.05, 3.63) is 0 Å². The topological polar surface area (TPSA) is 237 Å². The Morgan fingerprint density at radius 2 is 0.425 bits per heavy atom. The summed E-state index contributed by atoms with van der Waals surface area (Å²) in [4.78, 5) is 73.3. The summed E-state index contributed by atoms with van der Waals surface area (Å²) in [6.45, 7) is 14.4. The van der Waals surface area contributed by atoms with Crippen molar-refractivity contribution in [3.63, 3.8) is 0 Å². The van der Waals surface area contributed by atoms with Gasteiger partial charge in [0.1, 0.15) is 19.3 Å². The van der Waals surface area contributed by atoms with E-state index in [0.29, 0.717) is 25.7 Å². The number of hydrogen-bond donors (Lipinski definition) is 3. The molecule has 0 fully saturated rings. The summed E-state index contributed by atoms with van der Waals surface area (Å²) in [6.07, 6.45) is 65.0. The molecule has 0 aromatic heterocycles. The van der Waals surface area contributed by atoms with Gasteiger partial charge in [-0.15, -0.1) is 0 Å². The summed E-state index contributed by atoms with van der Waals surface area (Å²) in [6, 6.07) is 0. The third-order valence-electron chi connectivity index (χ3n) is 21.8. The van der Waals surface area contributed by atoms with Gasteiger partial charge in [-0.25, -0.2) is 9.13 Å². The van der Waals surface area contributed by atoms with Crippen LogP contribution in [0.2, 0.25) is 0 Å². The van der Waals surface area contributed by atoms with Gasteiger partial charge in [-0.1, -0.05) is 402 Å². The van der Waals surface area contributed by atoms with Gasteiger partial charge in [0.05, 0.1) is 26.4 Å². The first kappa shape index (κ1) is 104. The fraction of sp³-hybridized carbons (Fsp3) is 0.954. The minimum Gasteiger partial charge on any atom is -0.462 e. The Hall–Kier alpha value is -1.94. The van der Waals surface area contributed by atoms with Crippen LogP contribution in [-0.2, 0) is 65.4 Å². The molecule has 0 aliphatic heterocycles. The van der Waals surface area contributed by atoms with Crippen molar-refractivity contribution in [2.75, 3.05) is 39.6 Å². The number of aliphatic hydroxyl groups excluding tert-OH is 1. The lowest BCUT2D eigenvalue weighted by atomic mass is 9.99. The zero-order chi connectivity index (χ0) is 78.1. The average molecular weight is 1550 g/mol. The Balaban J connectivity index is 5.26. The molecule has 0 saturated carbocycles. The van der Waals surface area contributed by atoms with E-state index in [9.17, 15) is 43.2 Å². The number of carbonyl (C=O) groups is 4. The highest BCUT2D eigenvalue weighted by Crippen LogP contribution is 2.45. The molecule has 0 bridgehead atoms. The highest BCUT2D eigenvalue weighted by Gasteiger charge is 2.31. The third-order valence-corrected chi connectivity index (χ3v) is 23.7. The smallest absolute Gasteiger partial charge is 0.462 e. The Labute approximate surface area is 651 Å². The normalized spacial score (nSPS) is 14.9. The second kappa shape index (κ2) is 75.7. The first-order valence-electron chi connectivity index (χ1n) is 44.9. The summed E-state index contributed by atoms with van der Waals surface area (Å²) in [7, 11) is -9.93. The molecule has 0 radical (unpaired) electrons. The number of ether oxygens (including phenoxy) is 4. The van der Waals surface area contributed by atoms with Crippen molar-refractivity contribution in [3.8, 4) is 0 Å². The Bertz CT molecular complexity index is 2070. The van der Waals surface area contributed by atoms with Gasteiger partial charge in [-0.3, -0.25) is 37.3 Å². The van der Waals surface area contributed by atoms with Crippen LogP contribution in [0.1, 0.15) is 453 Å². The van der Waals surface area contributed by atoms with Gasteiger partial charge in [0.25, 0.3) is 0 Å². The van der Waals surface area contributed by atoms with Crippen LogP contribution >= 0.6 is 15.6 Å². The minimum atomic E-state index is -4.97. The van der Waals surface area contributed by atoms with E-state index in [1.165, 1.54) is 257 Å². The van der Waals surface area contributed by atoms with Gasteiger partial charge < -0.3 is 33.8 Å². The summed E-state index contributed by atoms with van der Waals surface area (Å²) in [5, 5.41) is 10.7. The first-order valence-corrected chi connectivity index (χ1v) is 47.8. The molecule has 19 heteroatoms. The number of unbranched alkanes of at least 4 members (excludes halogenated alkanes) is 46. The summed E-state index contributed by atoms with van der Waals surface area (Å²) < 4.78 is 68.9. The first-order chi connectivity index (χ1) is 51.2. The Morgan fingerprint density at radius 3 is 0.623 bits per heavy atom. The van der Waals surface area contributed by atoms with E-state index in [4.69, 9.17) is 37.0 Å². The van der Waals surface area contributed by atoms with Crippen LogP contribution in [0.3, 0.4) is 0 Å². The maximum absolute atomic E-state index is 13.2. The summed E-state index contributed by atoms with van der Waals surface area (Å²) >= 11 is 0. The highest BCUT2D eigenvalue weighted by atomic mass is 31.2. The number of aliphatic hydroxyl groups is 1. The van der Waals surface area contributed by atoms with Crippen LogP contribution in [0.15, 0.2) is 0 Å². The number of carbonyl (C=O) groups excluding carboxylic acids is 4. The third kappa shape index (κ3) is 74.8. The second-order valence-electron chi connectivity index (χ2n) is 32.2. The second-order valence-corrected chi connectivity index (χ2v) is 35.2. The minimum absolute atomic E-state index is 0.106. The molecular weight excluding hydrogens is 1380 g/mol. The molecule has 17 nitrogen and oxygen atoms in total. The van der Waals surface area contributed by atoms with Crippen molar-refractivity contribution in [1.29, 1.82) is 0 Å². The predicted molar refractivity (Wildman–Crippen MR) is 437 cm³/mol. The molecule has 0 amide bonds. The van der Waals surface area contributed by atoms with Crippen molar-refractivity contribution in [2.45, 2.75) is 472 Å². The van der Waals surface area contributed by atoms with E-state index in [2.05, 4.69) is 55.4 Å². The van der Waals surface area contributed by atoms with Gasteiger partial charge in [0, 0.05) is 25.7 Å². The van der Waals surface area contributed by atoms with Crippen LogP contribution in [0.25, 0.3) is 0 Å². The lowest BCUT2D eigenvalue weighted by Gasteiger charge is -2.21. The molecule has 6 unspecified atom stereocenters. The van der Waals surface area contributed by atoms with Crippen LogP contribution in [0.4, 0.5) is 0 Å². The molecule has 0 saturated heterocycles. The molecule has 0 aromatic rings. The molecule has 630 valence electrons. The van der Waals surface area contributed by atoms with E-state index in [1.807, 2.05) is 0 Å². The van der Waals surface area contributed by atoms with Gasteiger partial charge in [-0.05, 0) is 49.4 Å². The molecule has 0 aromatic carbocycles. The number of hydrogen-bond acceptors (Lipinski definition) is 15. The Kier molecular flexibility index (Phi) is 74.3. The van der Waals surface area contributed by atoms with Crippen LogP contribution in [0, 0.1) is 23.7 Å². The monoisotopic (exact) mass is 1550 g/mol. The van der Waals surface area contributed by atoms with E-state index >= 15 is 0 Å². The fourth-order valence-corrected chi connectivity index (χ4v) is 14.9. The van der Waals surface area contributed by atoms with Crippen LogP contribution in [0.5, 0.6) is 0 Å². The maximum Gasteiger partial charge on any atom is 0.472 e. The van der Waals surface area contributed by atoms with Crippen molar-refractivity contribution >= 4 is 39.5 Å². The summed E-state index contributed by atoms with van der Waals surface area (Å²) in [5.41, 5.74) is 0. The van der Waals surface area contributed by atoms with E-state index in [0.717, 1.165) is 114 Å². The van der Waals surface area contributed by atoms with Crippen molar-refractivity contribution in [1.82, 2.24) is 0 Å². The molecule has 0 spiro atoms. The van der Waals surface area contributed by atoms with Gasteiger partial charge in [-0.2, -0.15) is 0 Å². The standard InChI is InChI=1S/C87H170O17P2/c1-9-77(5)63-55-47-39-31-25-21-17-15-13-14-16-18-24-28-35-45-53-61-69-86(91)103-82(73-97-84(89)67-59-51-43-34-27-23-20-19-22-26-32-40-48-56-64-78(6)10-2)75-101-105(93,94)99-71-81(88)72-100-106(95,96)102-76-83(74-98-85(90)68-60-52-44-38-37-42-50-58-66-80(8)12-4)104-87(92)70-62-54-46-36-30-29-33-41-49-57-65-79(7)11-3/h77-83,88H,9-76H2,1-8H3,(H,93,94)(H,95,96)/t77?,78?,79?,80?,81-,82-,83-/m1/s1. The largest absolute Gasteiger partial charge is 0.472 e. The maximum atomic E-state index is 13.2. The number of phosphoric acid groups is 2. The molecule has 0 aliphatic rings. The molecule has 3 N–H and O–H groups in total. The SMILES string of the molecule is CCC(C)CCCCCCCCCCCCCCCCCCCCC(=O)O[C@H](COC(=O)CCCCCCCCCCCCCCCCC(C)CC)COP(=O)(O)OC[C@@H](O)COP(=O)(O)OC[C@@H](COC(=O)CCCCCCCCCCC(C)CC)OC(=O)CCCCCCCCCCCCC(C)CC. The quantitative estimate of drug-likeness (QED) is 0.0222. The molecule has 0 heterocycles. The lowest BCUT2D eigenvalue weighted by molar-refractivity contribution is -0.161. The molecule has 106 heavy (non-hydrogen) atoms. The lowest BCUT2D eigenvalue weighted by Crippen LogP contribution is -2.30. The number of phosphoric ester groups is 2. The zero-order valence-electron chi connectivity index (χ0n) is 70.1. The molecule has 0 rings (SSSR count). The summed E-state index contributed by atoms with van der Waals surface area (Å²) in [5.74, 6) is 1.19. The fourth-order valence-electron chi connectivity index (χ4n) is 13.4. The number of rotatable bonds is 84. The average Bonchev–Trinajstić information content (AvgIpc) is 0.940. The van der Waals surface area contributed by atoms with Crippen molar-refractivity contribution < 1.29 is 80.2 Å². The van der Waals surface area contributed by atoms with E-state index < -0.39 is 97.5 Å².